The van der Waals surface area contributed by atoms with Gasteiger partial charge in [0.15, 0.2) is 4.80 Å². The molecule has 0 fully saturated rings. The number of rotatable bonds is 8. The first-order valence-electron chi connectivity index (χ1n) is 12.4. The molecular formula is C28H30N4O6S. The number of hydrogen-bond donors (Lipinski definition) is 0. The van der Waals surface area contributed by atoms with Crippen LogP contribution in [-0.4, -0.2) is 42.3 Å². The summed E-state index contributed by atoms with van der Waals surface area (Å²) in [4.78, 5) is 45.0. The Morgan fingerprint density at radius 2 is 1.97 bits per heavy atom. The number of nitro groups is 1. The Balaban J connectivity index is 2.01. The highest BCUT2D eigenvalue weighted by molar-refractivity contribution is 7.07. The molecule has 0 N–H and O–H groups in total. The van der Waals surface area contributed by atoms with E-state index in [1.807, 2.05) is 51.0 Å². The first kappa shape index (κ1) is 27.8. The van der Waals surface area contributed by atoms with Crippen molar-refractivity contribution in [2.24, 2.45) is 4.99 Å². The van der Waals surface area contributed by atoms with E-state index in [-0.39, 0.29) is 29.5 Å². The van der Waals surface area contributed by atoms with Crippen molar-refractivity contribution in [3.63, 3.8) is 0 Å². The summed E-state index contributed by atoms with van der Waals surface area (Å²) in [6.07, 6.45) is 1.49. The zero-order valence-corrected chi connectivity index (χ0v) is 23.4. The topological polar surface area (TPSA) is 116 Å². The van der Waals surface area contributed by atoms with E-state index in [4.69, 9.17) is 9.47 Å². The van der Waals surface area contributed by atoms with Gasteiger partial charge >= 0.3 is 5.97 Å². The molecule has 4 rings (SSSR count). The SMILES string of the molecule is CCOC(=O)C1=C(C)N=c2s/c(=C/c3cc([N+](=O)[O-])ccc3N(C)C)c(=O)n2[C@@H]1c1ccccc1OC(C)C. The second kappa shape index (κ2) is 11.2. The van der Waals surface area contributed by atoms with Gasteiger partial charge in [-0.25, -0.2) is 9.79 Å². The van der Waals surface area contributed by atoms with Crippen LogP contribution in [0.3, 0.4) is 0 Å². The summed E-state index contributed by atoms with van der Waals surface area (Å²) in [6, 6.07) is 10.9. The fraction of sp³-hybridized carbons (Fsp3) is 0.321. The Labute approximate surface area is 229 Å². The van der Waals surface area contributed by atoms with E-state index in [0.717, 1.165) is 11.3 Å². The number of hydrogen-bond acceptors (Lipinski definition) is 9. The van der Waals surface area contributed by atoms with Crippen molar-refractivity contribution in [3.8, 4) is 5.75 Å². The predicted molar refractivity (Wildman–Crippen MR) is 150 cm³/mol. The van der Waals surface area contributed by atoms with Crippen LogP contribution >= 0.6 is 11.3 Å². The largest absolute Gasteiger partial charge is 0.491 e. The van der Waals surface area contributed by atoms with Crippen LogP contribution in [0.15, 0.2) is 63.5 Å². The lowest BCUT2D eigenvalue weighted by Gasteiger charge is -2.26. The standard InChI is InChI=1S/C28H30N4O6S/c1-7-37-27(34)24-17(4)29-28-31(25(24)20-10-8-9-11-22(20)38-16(2)3)26(33)23(39-28)15-18-14-19(32(35)36)12-13-21(18)30(5)6/h8-16,25H,7H2,1-6H3/b23-15+/t25-/m1/s1. The molecule has 0 saturated carbocycles. The van der Waals surface area contributed by atoms with Gasteiger partial charge in [0, 0.05) is 43.0 Å². The third-order valence-corrected chi connectivity index (χ3v) is 7.07. The van der Waals surface area contributed by atoms with E-state index >= 15 is 0 Å². The van der Waals surface area contributed by atoms with Gasteiger partial charge in [-0.3, -0.25) is 19.5 Å². The van der Waals surface area contributed by atoms with Crippen LogP contribution in [0.1, 0.15) is 44.9 Å². The van der Waals surface area contributed by atoms with E-state index in [2.05, 4.69) is 4.99 Å². The Hall–Kier alpha value is -4.25. The van der Waals surface area contributed by atoms with E-state index in [1.165, 1.54) is 16.7 Å². The van der Waals surface area contributed by atoms with E-state index in [9.17, 15) is 19.7 Å². The number of fused-ring (bicyclic) bond motifs is 1. The molecule has 1 atom stereocenters. The highest BCUT2D eigenvalue weighted by Gasteiger charge is 2.35. The number of anilines is 1. The van der Waals surface area contributed by atoms with Gasteiger partial charge in [0.25, 0.3) is 11.2 Å². The number of aromatic nitrogens is 1. The maximum atomic E-state index is 14.0. The van der Waals surface area contributed by atoms with E-state index in [1.54, 1.807) is 32.1 Å². The Morgan fingerprint density at radius 1 is 1.26 bits per heavy atom. The van der Waals surface area contributed by atoms with Gasteiger partial charge < -0.3 is 14.4 Å². The Morgan fingerprint density at radius 3 is 2.62 bits per heavy atom. The minimum Gasteiger partial charge on any atom is -0.491 e. The van der Waals surface area contributed by atoms with Crippen molar-refractivity contribution < 1.29 is 19.2 Å². The minimum atomic E-state index is -0.837. The lowest BCUT2D eigenvalue weighted by atomic mass is 9.95. The summed E-state index contributed by atoms with van der Waals surface area (Å²) in [6.45, 7) is 7.40. The molecule has 2 aromatic carbocycles. The first-order chi connectivity index (χ1) is 18.5. The molecular weight excluding hydrogens is 520 g/mol. The molecule has 1 aliphatic heterocycles. The van der Waals surface area contributed by atoms with E-state index in [0.29, 0.717) is 37.6 Å². The van der Waals surface area contributed by atoms with Gasteiger partial charge in [-0.1, -0.05) is 29.5 Å². The summed E-state index contributed by atoms with van der Waals surface area (Å²) < 4.78 is 13.2. The lowest BCUT2D eigenvalue weighted by molar-refractivity contribution is -0.384. The molecule has 2 heterocycles. The average Bonchev–Trinajstić information content (AvgIpc) is 3.17. The molecule has 0 bridgehead atoms. The third-order valence-electron chi connectivity index (χ3n) is 6.08. The smallest absolute Gasteiger partial charge is 0.338 e. The maximum Gasteiger partial charge on any atom is 0.338 e. The minimum absolute atomic E-state index is 0.0855. The number of esters is 1. The first-order valence-corrected chi connectivity index (χ1v) is 13.3. The van der Waals surface area contributed by atoms with Gasteiger partial charge in [-0.05, 0) is 45.9 Å². The monoisotopic (exact) mass is 550 g/mol. The molecule has 0 amide bonds. The van der Waals surface area contributed by atoms with E-state index < -0.39 is 16.9 Å². The molecule has 10 nitrogen and oxygen atoms in total. The molecule has 1 aliphatic rings. The van der Waals surface area contributed by atoms with Crippen LogP contribution in [0.5, 0.6) is 5.75 Å². The summed E-state index contributed by atoms with van der Waals surface area (Å²) in [5.74, 6) is -0.0249. The van der Waals surface area contributed by atoms with Crippen molar-refractivity contribution in [2.75, 3.05) is 25.6 Å². The third kappa shape index (κ3) is 5.49. The number of non-ortho nitro benzene ring substituents is 1. The number of ether oxygens (including phenoxy) is 2. The number of carbonyl (C=O) groups is 1. The second-order valence-electron chi connectivity index (χ2n) is 9.40. The van der Waals surface area contributed by atoms with Crippen molar-refractivity contribution in [1.29, 1.82) is 0 Å². The fourth-order valence-corrected chi connectivity index (χ4v) is 5.51. The van der Waals surface area contributed by atoms with Gasteiger partial charge in [0.05, 0.1) is 33.4 Å². The maximum absolute atomic E-state index is 14.0. The summed E-state index contributed by atoms with van der Waals surface area (Å²) >= 11 is 1.15. The van der Waals surface area contributed by atoms with Crippen LogP contribution < -0.4 is 24.5 Å². The Bertz CT molecular complexity index is 1650. The predicted octanol–water partition coefficient (Wildman–Crippen LogP) is 3.56. The van der Waals surface area contributed by atoms with Gasteiger partial charge in [0.1, 0.15) is 11.8 Å². The van der Waals surface area contributed by atoms with Crippen LogP contribution in [0.2, 0.25) is 0 Å². The van der Waals surface area contributed by atoms with Crippen molar-refractivity contribution >= 4 is 34.8 Å². The molecule has 0 spiro atoms. The molecule has 1 aromatic heterocycles. The van der Waals surface area contributed by atoms with Gasteiger partial charge in [-0.2, -0.15) is 0 Å². The van der Waals surface area contributed by atoms with Crippen LogP contribution in [0, 0.1) is 10.1 Å². The normalized spacial score (nSPS) is 15.2. The second-order valence-corrected chi connectivity index (χ2v) is 10.4. The zero-order chi connectivity index (χ0) is 28.4. The number of para-hydroxylation sites is 1. The molecule has 0 radical (unpaired) electrons. The number of carbonyl (C=O) groups excluding carboxylic acids is 1. The molecule has 0 saturated heterocycles. The number of allylic oxidation sites excluding steroid dienone is 1. The van der Waals surface area contributed by atoms with Crippen molar-refractivity contribution in [2.45, 2.75) is 39.8 Å². The number of nitrogens with zero attached hydrogens (tertiary/aromatic N) is 4. The summed E-state index contributed by atoms with van der Waals surface area (Å²) in [5.41, 5.74) is 2.07. The lowest BCUT2D eigenvalue weighted by Crippen LogP contribution is -2.40. The molecule has 204 valence electrons. The Kier molecular flexibility index (Phi) is 8.01. The van der Waals surface area contributed by atoms with Crippen LogP contribution in [0.4, 0.5) is 11.4 Å². The fourth-order valence-electron chi connectivity index (χ4n) is 4.47. The molecule has 3 aromatic rings. The zero-order valence-electron chi connectivity index (χ0n) is 22.6. The average molecular weight is 551 g/mol. The van der Waals surface area contributed by atoms with Crippen molar-refractivity contribution in [1.82, 2.24) is 4.57 Å². The molecule has 0 aliphatic carbocycles. The quantitative estimate of drug-likeness (QED) is 0.239. The van der Waals surface area contributed by atoms with Crippen molar-refractivity contribution in [3.05, 3.63) is 94.7 Å². The number of nitro benzene ring substituents is 1. The number of thiazole rings is 1. The summed E-state index contributed by atoms with van der Waals surface area (Å²) in [7, 11) is 3.64. The van der Waals surface area contributed by atoms with Crippen LogP contribution in [-0.2, 0) is 9.53 Å². The van der Waals surface area contributed by atoms with Crippen LogP contribution in [0.25, 0.3) is 6.08 Å². The van der Waals surface area contributed by atoms with Gasteiger partial charge in [0.2, 0.25) is 0 Å². The van der Waals surface area contributed by atoms with Gasteiger partial charge in [-0.15, -0.1) is 0 Å². The highest BCUT2D eigenvalue weighted by Crippen LogP contribution is 2.36. The highest BCUT2D eigenvalue weighted by atomic mass is 32.1. The molecule has 11 heteroatoms. The molecule has 0 unspecified atom stereocenters. The number of benzene rings is 2. The summed E-state index contributed by atoms with van der Waals surface area (Å²) in [5, 5.41) is 11.4. The molecule has 39 heavy (non-hydrogen) atoms.